The van der Waals surface area contributed by atoms with Crippen LogP contribution < -0.4 is 0 Å². The van der Waals surface area contributed by atoms with Gasteiger partial charge in [-0.1, -0.05) is 19.9 Å². The summed E-state index contributed by atoms with van der Waals surface area (Å²) < 4.78 is 35.3. The van der Waals surface area contributed by atoms with Crippen LogP contribution in [0, 0.1) is 23.0 Å². The zero-order valence-corrected chi connectivity index (χ0v) is 30.4. The van der Waals surface area contributed by atoms with Crippen molar-refractivity contribution in [3.05, 3.63) is 35.4 Å². The molecule has 1 aromatic carbocycles. The number of ether oxygens (including phenoxy) is 1. The highest BCUT2D eigenvalue weighted by atomic mass is 19.1. The average Bonchev–Trinajstić information content (AvgIpc) is 3.82. The van der Waals surface area contributed by atoms with Crippen LogP contribution in [0.1, 0.15) is 91.0 Å². The van der Waals surface area contributed by atoms with Crippen molar-refractivity contribution < 1.29 is 27.9 Å². The van der Waals surface area contributed by atoms with Gasteiger partial charge in [-0.2, -0.15) is 0 Å². The first-order chi connectivity index (χ1) is 23.1. The maximum atomic E-state index is 15.4. The SMILES string of the molecule is CN1CCN(C(=O)[C@H]2C[C@H](N(C(=O)C3CCCO3)C3CCC(C)(C)CC3)CN2C(=O)[C@@H]2CN(C(C)(C)C)C[C@H]2c2ccc(F)cc2F)CC1. The Morgan fingerprint density at radius 1 is 0.918 bits per heavy atom. The molecular weight excluding hydrogens is 628 g/mol. The second kappa shape index (κ2) is 14.2. The summed E-state index contributed by atoms with van der Waals surface area (Å²) in [5, 5.41) is 0. The van der Waals surface area contributed by atoms with Crippen LogP contribution in [-0.2, 0) is 19.1 Å². The Kier molecular flexibility index (Phi) is 10.5. The van der Waals surface area contributed by atoms with Gasteiger partial charge in [-0.15, -0.1) is 0 Å². The number of carbonyl (C=O) groups excluding carboxylic acids is 3. The Labute approximate surface area is 291 Å². The van der Waals surface area contributed by atoms with E-state index < -0.39 is 35.6 Å². The monoisotopic (exact) mass is 685 g/mol. The molecular formula is C38H57F2N5O4. The van der Waals surface area contributed by atoms with Gasteiger partial charge in [-0.05, 0) is 89.8 Å². The molecule has 4 heterocycles. The first-order valence-corrected chi connectivity index (χ1v) is 18.5. The number of halogens is 2. The lowest BCUT2D eigenvalue weighted by molar-refractivity contribution is -0.148. The molecule has 11 heteroatoms. The van der Waals surface area contributed by atoms with E-state index in [9.17, 15) is 18.8 Å². The molecule has 6 rings (SSSR count). The van der Waals surface area contributed by atoms with E-state index in [0.717, 1.165) is 51.3 Å². The van der Waals surface area contributed by atoms with Crippen LogP contribution in [0.15, 0.2) is 18.2 Å². The van der Waals surface area contributed by atoms with Gasteiger partial charge in [0.1, 0.15) is 23.8 Å². The predicted octanol–water partition coefficient (Wildman–Crippen LogP) is 4.50. The van der Waals surface area contributed by atoms with Gasteiger partial charge in [0.05, 0.1) is 12.0 Å². The van der Waals surface area contributed by atoms with E-state index in [2.05, 4.69) is 44.4 Å². The minimum atomic E-state index is -0.719. The lowest BCUT2D eigenvalue weighted by atomic mass is 9.75. The van der Waals surface area contributed by atoms with E-state index in [1.807, 2.05) is 16.8 Å². The third-order valence-electron chi connectivity index (χ3n) is 12.2. The number of nitrogens with zero attached hydrogens (tertiary/aromatic N) is 5. The van der Waals surface area contributed by atoms with E-state index in [0.29, 0.717) is 51.2 Å². The van der Waals surface area contributed by atoms with Gasteiger partial charge < -0.3 is 24.3 Å². The molecule has 0 radical (unpaired) electrons. The van der Waals surface area contributed by atoms with E-state index in [1.54, 1.807) is 4.90 Å². The van der Waals surface area contributed by atoms with Crippen LogP contribution in [0.4, 0.5) is 8.78 Å². The van der Waals surface area contributed by atoms with Crippen LogP contribution in [0.5, 0.6) is 0 Å². The first kappa shape index (κ1) is 36.2. The molecule has 0 spiro atoms. The summed E-state index contributed by atoms with van der Waals surface area (Å²) in [4.78, 5) is 53.7. The van der Waals surface area contributed by atoms with Crippen molar-refractivity contribution in [2.24, 2.45) is 11.3 Å². The molecule has 49 heavy (non-hydrogen) atoms. The molecule has 1 saturated carbocycles. The Morgan fingerprint density at radius 3 is 2.22 bits per heavy atom. The largest absolute Gasteiger partial charge is 0.368 e. The quantitative estimate of drug-likeness (QED) is 0.440. The second-order valence-corrected chi connectivity index (χ2v) is 17.1. The fraction of sp³-hybridized carbons (Fsp3) is 0.763. The first-order valence-electron chi connectivity index (χ1n) is 18.5. The van der Waals surface area contributed by atoms with E-state index in [4.69, 9.17) is 4.74 Å². The number of rotatable bonds is 6. The van der Waals surface area contributed by atoms with Crippen molar-refractivity contribution in [3.63, 3.8) is 0 Å². The molecule has 5 atom stereocenters. The van der Waals surface area contributed by atoms with Crippen molar-refractivity contribution in [2.75, 3.05) is 59.5 Å². The number of amides is 3. The van der Waals surface area contributed by atoms with Crippen molar-refractivity contribution in [3.8, 4) is 0 Å². The minimum Gasteiger partial charge on any atom is -0.368 e. The normalized spacial score (nSPS) is 30.2. The maximum absolute atomic E-state index is 15.4. The second-order valence-electron chi connectivity index (χ2n) is 17.1. The molecule has 0 aromatic heterocycles. The Bertz CT molecular complexity index is 1380. The standard InChI is InChI=1S/C38H57F2N5O4/c1-37(2,3)43-23-29(28-10-9-25(39)20-31(28)40)30(24-43)34(46)44-22-27(21-32(44)35(47)42-17-15-41(6)16-18-42)45(36(48)33-8-7-19-49-33)26-11-13-38(4,5)14-12-26/h9-10,20,26-27,29-30,32-33H,7-8,11-19,21-24H2,1-6H3/t27-,29-,30+,32+,33?/m0/s1. The molecule has 0 bridgehead atoms. The third kappa shape index (κ3) is 7.69. The third-order valence-corrected chi connectivity index (χ3v) is 12.2. The number of likely N-dealkylation sites (N-methyl/N-ethyl adjacent to an activating group) is 1. The summed E-state index contributed by atoms with van der Waals surface area (Å²) in [6.07, 6.45) is 5.16. The van der Waals surface area contributed by atoms with Crippen LogP contribution >= 0.6 is 0 Å². The highest BCUT2D eigenvalue weighted by Crippen LogP contribution is 2.42. The zero-order valence-electron chi connectivity index (χ0n) is 30.4. The van der Waals surface area contributed by atoms with Gasteiger partial charge in [0.15, 0.2) is 0 Å². The smallest absolute Gasteiger partial charge is 0.252 e. The molecule has 0 N–H and O–H groups in total. The lowest BCUT2D eigenvalue weighted by Crippen LogP contribution is -2.54. The zero-order chi connectivity index (χ0) is 35.2. The Balaban J connectivity index is 1.34. The van der Waals surface area contributed by atoms with Gasteiger partial charge in [-0.25, -0.2) is 8.78 Å². The molecule has 1 unspecified atom stereocenters. The minimum absolute atomic E-state index is 0.0154. The summed E-state index contributed by atoms with van der Waals surface area (Å²) in [7, 11) is 2.04. The van der Waals surface area contributed by atoms with Gasteiger partial charge in [0.25, 0.3) is 5.91 Å². The van der Waals surface area contributed by atoms with Gasteiger partial charge >= 0.3 is 0 Å². The average molecular weight is 686 g/mol. The topological polar surface area (TPSA) is 76.6 Å². The maximum Gasteiger partial charge on any atom is 0.252 e. The fourth-order valence-corrected chi connectivity index (χ4v) is 8.92. The summed E-state index contributed by atoms with van der Waals surface area (Å²) in [5.41, 5.74) is 0.244. The number of piperazine rings is 1. The summed E-state index contributed by atoms with van der Waals surface area (Å²) in [6, 6.07) is 2.59. The van der Waals surface area contributed by atoms with E-state index >= 15 is 4.39 Å². The van der Waals surface area contributed by atoms with Crippen LogP contribution in [-0.4, -0.2) is 131 Å². The van der Waals surface area contributed by atoms with Crippen molar-refractivity contribution in [1.82, 2.24) is 24.5 Å². The van der Waals surface area contributed by atoms with Gasteiger partial charge in [0.2, 0.25) is 11.8 Å². The predicted molar refractivity (Wildman–Crippen MR) is 184 cm³/mol. The van der Waals surface area contributed by atoms with E-state index in [1.165, 1.54) is 12.1 Å². The summed E-state index contributed by atoms with van der Waals surface area (Å²) in [6.45, 7) is 15.1. The Morgan fingerprint density at radius 2 is 1.61 bits per heavy atom. The van der Waals surface area contributed by atoms with Crippen LogP contribution in [0.25, 0.3) is 0 Å². The van der Waals surface area contributed by atoms with Crippen molar-refractivity contribution >= 4 is 17.7 Å². The fourth-order valence-electron chi connectivity index (χ4n) is 8.92. The van der Waals surface area contributed by atoms with Gasteiger partial charge in [0, 0.05) is 76.0 Å². The molecule has 3 amide bonds. The van der Waals surface area contributed by atoms with E-state index in [-0.39, 0.29) is 47.3 Å². The summed E-state index contributed by atoms with van der Waals surface area (Å²) >= 11 is 0. The van der Waals surface area contributed by atoms with Crippen LogP contribution in [0.2, 0.25) is 0 Å². The number of likely N-dealkylation sites (tertiary alicyclic amines) is 2. The molecule has 1 aromatic rings. The molecule has 5 fully saturated rings. The molecule has 9 nitrogen and oxygen atoms in total. The summed E-state index contributed by atoms with van der Waals surface area (Å²) in [5.74, 6) is -2.72. The van der Waals surface area contributed by atoms with Crippen molar-refractivity contribution in [2.45, 2.75) is 115 Å². The molecule has 1 aliphatic carbocycles. The molecule has 4 aliphatic heterocycles. The molecule has 5 aliphatic rings. The molecule has 4 saturated heterocycles. The Hall–Kier alpha value is -2.63. The van der Waals surface area contributed by atoms with Crippen molar-refractivity contribution in [1.29, 1.82) is 0 Å². The number of hydrogen-bond acceptors (Lipinski definition) is 6. The van der Waals surface area contributed by atoms with Gasteiger partial charge in [-0.3, -0.25) is 19.3 Å². The lowest BCUT2D eigenvalue weighted by Gasteiger charge is -2.43. The highest BCUT2D eigenvalue weighted by Gasteiger charge is 2.52. The highest BCUT2D eigenvalue weighted by molar-refractivity contribution is 5.91. The number of carbonyl (C=O) groups is 3. The molecule has 272 valence electrons. The van der Waals surface area contributed by atoms with Crippen LogP contribution in [0.3, 0.4) is 0 Å². The number of benzene rings is 1. The number of hydrogen-bond donors (Lipinski definition) is 0.